The third-order valence-corrected chi connectivity index (χ3v) is 4.91. The molecule has 0 aromatic rings. The summed E-state index contributed by atoms with van der Waals surface area (Å²) >= 11 is 0. The molecule has 16 heavy (non-hydrogen) atoms. The van der Waals surface area contributed by atoms with Gasteiger partial charge >= 0.3 is 0 Å². The van der Waals surface area contributed by atoms with Gasteiger partial charge in [-0.2, -0.15) is 0 Å². The van der Waals surface area contributed by atoms with E-state index < -0.39 is 0 Å². The van der Waals surface area contributed by atoms with E-state index in [1.165, 1.54) is 64.5 Å². The van der Waals surface area contributed by atoms with E-state index in [4.69, 9.17) is 5.73 Å². The highest BCUT2D eigenvalue weighted by molar-refractivity contribution is 4.97. The molecule has 2 atom stereocenters. The van der Waals surface area contributed by atoms with Crippen molar-refractivity contribution in [1.82, 2.24) is 4.90 Å². The molecule has 2 rings (SSSR count). The molecule has 1 saturated heterocycles. The summed E-state index contributed by atoms with van der Waals surface area (Å²) < 4.78 is 0. The molecule has 0 aromatic carbocycles. The van der Waals surface area contributed by atoms with Crippen molar-refractivity contribution in [3.05, 3.63) is 0 Å². The van der Waals surface area contributed by atoms with E-state index in [1.54, 1.807) is 0 Å². The molecule has 2 unspecified atom stereocenters. The summed E-state index contributed by atoms with van der Waals surface area (Å²) in [6.45, 7) is 5.82. The summed E-state index contributed by atoms with van der Waals surface area (Å²) in [7, 11) is 0. The Kier molecular flexibility index (Phi) is 4.26. The first-order valence-electron chi connectivity index (χ1n) is 7.26. The summed E-state index contributed by atoms with van der Waals surface area (Å²) in [6, 6.07) is 0. The van der Waals surface area contributed by atoms with Gasteiger partial charge < -0.3 is 5.73 Å². The Morgan fingerprint density at radius 1 is 1.19 bits per heavy atom. The van der Waals surface area contributed by atoms with Gasteiger partial charge in [0.1, 0.15) is 0 Å². The molecule has 0 aromatic heterocycles. The highest BCUT2D eigenvalue weighted by Crippen LogP contribution is 2.38. The second-order valence-electron chi connectivity index (χ2n) is 5.85. The molecule has 0 bridgehead atoms. The van der Waals surface area contributed by atoms with E-state index in [1.807, 2.05) is 0 Å². The number of nitrogens with two attached hydrogens (primary N) is 1. The number of likely N-dealkylation sites (tertiary alicyclic amines) is 1. The van der Waals surface area contributed by atoms with Crippen molar-refractivity contribution in [3.8, 4) is 0 Å². The van der Waals surface area contributed by atoms with Crippen LogP contribution in [0.25, 0.3) is 0 Å². The molecule has 2 heteroatoms. The smallest absolute Gasteiger partial charge is 0.0334 e. The summed E-state index contributed by atoms with van der Waals surface area (Å²) in [4.78, 5) is 2.73. The Morgan fingerprint density at radius 2 is 1.94 bits per heavy atom. The number of hydrogen-bond donors (Lipinski definition) is 1. The summed E-state index contributed by atoms with van der Waals surface area (Å²) in [5.41, 5.74) is 6.52. The summed E-state index contributed by atoms with van der Waals surface area (Å²) in [5.74, 6) is 0.930. The minimum absolute atomic E-state index is 0.374. The number of hydrogen-bond acceptors (Lipinski definition) is 2. The van der Waals surface area contributed by atoms with Crippen LogP contribution in [-0.4, -0.2) is 30.1 Å². The second-order valence-corrected chi connectivity index (χ2v) is 5.85. The van der Waals surface area contributed by atoms with E-state index in [-0.39, 0.29) is 0 Å². The van der Waals surface area contributed by atoms with Crippen molar-refractivity contribution in [2.75, 3.05) is 19.6 Å². The maximum atomic E-state index is 6.14. The lowest BCUT2D eigenvalue weighted by Gasteiger charge is -2.49. The van der Waals surface area contributed by atoms with Gasteiger partial charge in [0.15, 0.2) is 0 Å². The van der Waals surface area contributed by atoms with Gasteiger partial charge in [-0.25, -0.2) is 0 Å². The fourth-order valence-corrected chi connectivity index (χ4v) is 3.78. The fourth-order valence-electron chi connectivity index (χ4n) is 3.78. The van der Waals surface area contributed by atoms with Crippen LogP contribution in [0.1, 0.15) is 58.3 Å². The van der Waals surface area contributed by atoms with E-state index >= 15 is 0 Å². The van der Waals surface area contributed by atoms with E-state index in [9.17, 15) is 0 Å². The van der Waals surface area contributed by atoms with Crippen LogP contribution in [-0.2, 0) is 0 Å². The van der Waals surface area contributed by atoms with Crippen molar-refractivity contribution in [2.45, 2.75) is 63.8 Å². The summed E-state index contributed by atoms with van der Waals surface area (Å²) in [5, 5.41) is 0. The lowest BCUT2D eigenvalue weighted by Crippen LogP contribution is -2.57. The Morgan fingerprint density at radius 3 is 2.56 bits per heavy atom. The van der Waals surface area contributed by atoms with Gasteiger partial charge in [0.25, 0.3) is 0 Å². The van der Waals surface area contributed by atoms with E-state index in [0.717, 1.165) is 12.5 Å². The molecule has 1 aliphatic heterocycles. The Hall–Kier alpha value is -0.0800. The molecule has 2 aliphatic rings. The fraction of sp³-hybridized carbons (Fsp3) is 1.00. The minimum Gasteiger partial charge on any atom is -0.329 e. The third-order valence-electron chi connectivity index (χ3n) is 4.91. The van der Waals surface area contributed by atoms with Crippen LogP contribution in [0, 0.1) is 5.92 Å². The van der Waals surface area contributed by atoms with Gasteiger partial charge in [-0.15, -0.1) is 0 Å². The molecule has 1 saturated carbocycles. The standard InChI is InChI=1S/C14H28N2/c1-2-13-7-6-8-14(11-13,12-15)16-9-4-3-5-10-16/h13H,2-12,15H2,1H3. The zero-order chi connectivity index (χ0) is 11.4. The first-order valence-corrected chi connectivity index (χ1v) is 7.26. The molecule has 2 N–H and O–H groups in total. The van der Waals surface area contributed by atoms with Crippen LogP contribution in [0.4, 0.5) is 0 Å². The van der Waals surface area contributed by atoms with Crippen LogP contribution < -0.4 is 5.73 Å². The molecular formula is C14H28N2. The van der Waals surface area contributed by atoms with Gasteiger partial charge in [-0.1, -0.05) is 32.6 Å². The quantitative estimate of drug-likeness (QED) is 0.798. The highest BCUT2D eigenvalue weighted by atomic mass is 15.2. The topological polar surface area (TPSA) is 29.3 Å². The SMILES string of the molecule is CCC1CCCC(CN)(N2CCCCC2)C1. The molecule has 0 radical (unpaired) electrons. The molecule has 2 fully saturated rings. The monoisotopic (exact) mass is 224 g/mol. The predicted octanol–water partition coefficient (Wildman–Crippen LogP) is 2.77. The largest absolute Gasteiger partial charge is 0.329 e. The molecule has 1 aliphatic carbocycles. The van der Waals surface area contributed by atoms with E-state index in [0.29, 0.717) is 5.54 Å². The Bertz CT molecular complexity index is 211. The maximum absolute atomic E-state index is 6.14. The molecular weight excluding hydrogens is 196 g/mol. The number of rotatable bonds is 3. The van der Waals surface area contributed by atoms with Crippen molar-refractivity contribution in [1.29, 1.82) is 0 Å². The Labute approximate surface area is 101 Å². The molecule has 0 spiro atoms. The normalized spacial score (nSPS) is 37.5. The first kappa shape index (κ1) is 12.4. The maximum Gasteiger partial charge on any atom is 0.0334 e. The average Bonchev–Trinajstić information content (AvgIpc) is 2.39. The number of nitrogens with zero attached hydrogens (tertiary/aromatic N) is 1. The van der Waals surface area contributed by atoms with Crippen LogP contribution >= 0.6 is 0 Å². The second kappa shape index (κ2) is 5.50. The first-order chi connectivity index (χ1) is 7.80. The molecule has 2 nitrogen and oxygen atoms in total. The van der Waals surface area contributed by atoms with Gasteiger partial charge in [-0.05, 0) is 44.7 Å². The minimum atomic E-state index is 0.374. The molecule has 0 amide bonds. The van der Waals surface area contributed by atoms with Gasteiger partial charge in [0.05, 0.1) is 0 Å². The predicted molar refractivity (Wildman–Crippen MR) is 69.5 cm³/mol. The zero-order valence-corrected chi connectivity index (χ0v) is 10.9. The lowest BCUT2D eigenvalue weighted by molar-refractivity contribution is 0.0208. The van der Waals surface area contributed by atoms with Gasteiger partial charge in [0.2, 0.25) is 0 Å². The van der Waals surface area contributed by atoms with E-state index in [2.05, 4.69) is 11.8 Å². The summed E-state index contributed by atoms with van der Waals surface area (Å²) in [6.07, 6.45) is 11.1. The zero-order valence-electron chi connectivity index (χ0n) is 10.9. The van der Waals surface area contributed by atoms with Crippen molar-refractivity contribution >= 4 is 0 Å². The third kappa shape index (κ3) is 2.43. The van der Waals surface area contributed by atoms with Crippen molar-refractivity contribution in [2.24, 2.45) is 11.7 Å². The van der Waals surface area contributed by atoms with Crippen molar-refractivity contribution in [3.63, 3.8) is 0 Å². The van der Waals surface area contributed by atoms with Crippen LogP contribution in [0.5, 0.6) is 0 Å². The highest BCUT2D eigenvalue weighted by Gasteiger charge is 2.39. The van der Waals surface area contributed by atoms with Crippen LogP contribution in [0.15, 0.2) is 0 Å². The molecule has 1 heterocycles. The Balaban J connectivity index is 2.04. The lowest BCUT2D eigenvalue weighted by atomic mass is 9.73. The number of piperidine rings is 1. The van der Waals surface area contributed by atoms with Gasteiger partial charge in [0, 0.05) is 12.1 Å². The van der Waals surface area contributed by atoms with Crippen LogP contribution in [0.2, 0.25) is 0 Å². The van der Waals surface area contributed by atoms with Crippen LogP contribution in [0.3, 0.4) is 0 Å². The molecule has 94 valence electrons. The van der Waals surface area contributed by atoms with Crippen molar-refractivity contribution < 1.29 is 0 Å². The average molecular weight is 224 g/mol. The van der Waals surface area contributed by atoms with Gasteiger partial charge in [-0.3, -0.25) is 4.90 Å².